The van der Waals surface area contributed by atoms with Crippen molar-refractivity contribution in [2.24, 2.45) is 7.05 Å². The lowest BCUT2D eigenvalue weighted by atomic mass is 10.0. The van der Waals surface area contributed by atoms with Crippen molar-refractivity contribution in [3.63, 3.8) is 0 Å². The lowest BCUT2D eigenvalue weighted by molar-refractivity contribution is 0.169. The molecule has 0 aliphatic rings. The van der Waals surface area contributed by atoms with Gasteiger partial charge in [0.15, 0.2) is 5.65 Å². The molecule has 0 fully saturated rings. The van der Waals surface area contributed by atoms with E-state index < -0.39 is 0 Å². The summed E-state index contributed by atoms with van der Waals surface area (Å²) in [6, 6.07) is 0. The minimum Gasteiger partial charge on any atom is -0.310 e. The molecule has 0 amide bonds. The highest BCUT2D eigenvalue weighted by atomic mass is 35.5. The van der Waals surface area contributed by atoms with Gasteiger partial charge in [-0.2, -0.15) is 5.10 Å². The number of hydrogen-bond donors (Lipinski definition) is 0. The molecule has 0 radical (unpaired) electrons. The molecule has 0 saturated heterocycles. The van der Waals surface area contributed by atoms with Gasteiger partial charge in [-0.1, -0.05) is 0 Å². The first kappa shape index (κ1) is 14.3. The normalized spacial score (nSPS) is 12.8. The zero-order valence-electron chi connectivity index (χ0n) is 12.5. The van der Waals surface area contributed by atoms with Crippen LogP contribution >= 0.6 is 11.6 Å². The molecular weight excluding hydrogens is 262 g/mol. The summed E-state index contributed by atoms with van der Waals surface area (Å²) >= 11 is 6.05. The van der Waals surface area contributed by atoms with Gasteiger partial charge in [0.2, 0.25) is 0 Å². The Morgan fingerprint density at radius 2 is 1.95 bits per heavy atom. The van der Waals surface area contributed by atoms with Crippen molar-refractivity contribution in [2.75, 3.05) is 14.1 Å². The van der Waals surface area contributed by atoms with Gasteiger partial charge in [-0.15, -0.1) is 11.6 Å². The zero-order chi connectivity index (χ0) is 14.4. The molecule has 0 spiro atoms. The van der Waals surface area contributed by atoms with Gasteiger partial charge in [-0.05, 0) is 34.9 Å². The zero-order valence-corrected chi connectivity index (χ0v) is 13.3. The predicted molar refractivity (Wildman–Crippen MR) is 78.6 cm³/mol. The van der Waals surface area contributed by atoms with Crippen LogP contribution in [0.3, 0.4) is 0 Å². The lowest BCUT2D eigenvalue weighted by Gasteiger charge is -2.33. The smallest absolute Gasteiger partial charge is 0.158 e. The summed E-state index contributed by atoms with van der Waals surface area (Å²) < 4.78 is 4.07. The van der Waals surface area contributed by atoms with Gasteiger partial charge in [0.05, 0.1) is 11.6 Å². The highest BCUT2D eigenvalue weighted by Gasteiger charge is 2.25. The molecule has 2 rings (SSSR count). The van der Waals surface area contributed by atoms with E-state index in [4.69, 9.17) is 11.6 Å². The Morgan fingerprint density at radius 1 is 1.32 bits per heavy atom. The maximum atomic E-state index is 6.05. The third-order valence-corrected chi connectivity index (χ3v) is 4.08. The number of aryl methyl sites for hydroxylation is 2. The summed E-state index contributed by atoms with van der Waals surface area (Å²) in [6.07, 6.45) is 0. The van der Waals surface area contributed by atoms with Gasteiger partial charge >= 0.3 is 0 Å². The number of nitrogens with zero attached hydrogens (tertiary/aromatic N) is 5. The van der Waals surface area contributed by atoms with E-state index in [1.165, 1.54) is 0 Å². The summed E-state index contributed by atoms with van der Waals surface area (Å²) in [5.41, 5.74) is 2.97. The van der Waals surface area contributed by atoms with E-state index >= 15 is 0 Å². The SMILES string of the molecule is Cc1nn(C)c2c1nc(CCl)n2CC(C)(C)N(C)C. The van der Waals surface area contributed by atoms with E-state index in [1.54, 1.807) is 0 Å². The molecule has 0 N–H and O–H groups in total. The molecule has 0 unspecified atom stereocenters. The van der Waals surface area contributed by atoms with Crippen LogP contribution in [0.15, 0.2) is 0 Å². The predicted octanol–water partition coefficient (Wildman–Crippen LogP) is 2.16. The summed E-state index contributed by atoms with van der Waals surface area (Å²) in [7, 11) is 6.13. The molecule has 0 aromatic carbocycles. The van der Waals surface area contributed by atoms with Crippen LogP contribution in [0, 0.1) is 6.92 Å². The van der Waals surface area contributed by atoms with Gasteiger partial charge in [-0.25, -0.2) is 4.98 Å². The van der Waals surface area contributed by atoms with Crippen LogP contribution in [0.4, 0.5) is 0 Å². The quantitative estimate of drug-likeness (QED) is 0.807. The van der Waals surface area contributed by atoms with Crippen LogP contribution < -0.4 is 0 Å². The van der Waals surface area contributed by atoms with E-state index in [0.29, 0.717) is 5.88 Å². The number of fused-ring (bicyclic) bond motifs is 1. The molecule has 2 aromatic heterocycles. The van der Waals surface area contributed by atoms with Gasteiger partial charge in [0.25, 0.3) is 0 Å². The molecule has 2 heterocycles. The van der Waals surface area contributed by atoms with Crippen molar-refractivity contribution in [1.82, 2.24) is 24.2 Å². The van der Waals surface area contributed by atoms with Crippen molar-refractivity contribution in [3.05, 3.63) is 11.5 Å². The number of imidazole rings is 1. The molecule has 6 heteroatoms. The first-order chi connectivity index (χ1) is 8.77. The summed E-state index contributed by atoms with van der Waals surface area (Å²) in [4.78, 5) is 6.83. The number of halogens is 1. The van der Waals surface area contributed by atoms with Gasteiger partial charge in [-0.3, -0.25) is 4.68 Å². The molecular formula is C13H22ClN5. The highest BCUT2D eigenvalue weighted by Crippen LogP contribution is 2.23. The van der Waals surface area contributed by atoms with Crippen LogP contribution in [0.1, 0.15) is 25.4 Å². The fourth-order valence-corrected chi connectivity index (χ4v) is 2.38. The molecule has 0 aliphatic heterocycles. The summed E-state index contributed by atoms with van der Waals surface area (Å²) in [5.74, 6) is 1.32. The van der Waals surface area contributed by atoms with E-state index in [0.717, 1.165) is 29.2 Å². The average Bonchev–Trinajstić information content (AvgIpc) is 2.78. The van der Waals surface area contributed by atoms with Crippen molar-refractivity contribution in [1.29, 1.82) is 0 Å². The van der Waals surface area contributed by atoms with Gasteiger partial charge in [0, 0.05) is 19.1 Å². The average molecular weight is 284 g/mol. The van der Waals surface area contributed by atoms with Crippen molar-refractivity contribution < 1.29 is 0 Å². The van der Waals surface area contributed by atoms with Crippen molar-refractivity contribution in [2.45, 2.75) is 38.7 Å². The monoisotopic (exact) mass is 283 g/mol. The fourth-order valence-electron chi connectivity index (χ4n) is 2.18. The Bertz CT molecular complexity index is 594. The number of hydrogen-bond acceptors (Lipinski definition) is 3. The third kappa shape index (κ3) is 2.37. The first-order valence-electron chi connectivity index (χ1n) is 6.40. The second kappa shape index (κ2) is 4.80. The second-order valence-corrected chi connectivity index (χ2v) is 6.10. The molecule has 0 saturated carbocycles. The third-order valence-electron chi connectivity index (χ3n) is 3.84. The highest BCUT2D eigenvalue weighted by molar-refractivity contribution is 6.16. The molecule has 5 nitrogen and oxygen atoms in total. The Morgan fingerprint density at radius 3 is 2.47 bits per heavy atom. The minimum absolute atomic E-state index is 0.0205. The first-order valence-corrected chi connectivity index (χ1v) is 6.93. The van der Waals surface area contributed by atoms with E-state index in [9.17, 15) is 0 Å². The summed E-state index contributed by atoms with van der Waals surface area (Å²) in [5, 5.41) is 4.44. The van der Waals surface area contributed by atoms with Crippen molar-refractivity contribution >= 4 is 22.8 Å². The topological polar surface area (TPSA) is 38.9 Å². The maximum Gasteiger partial charge on any atom is 0.158 e. The standard InChI is InChI=1S/C13H22ClN5/c1-9-11-12(18(6)16-9)19(10(7-14)15-11)8-13(2,3)17(4)5/h7-8H2,1-6H3. The minimum atomic E-state index is 0.0205. The van der Waals surface area contributed by atoms with E-state index in [-0.39, 0.29) is 5.54 Å². The van der Waals surface area contributed by atoms with Crippen LogP contribution in [0.2, 0.25) is 0 Å². The maximum absolute atomic E-state index is 6.05. The Labute approximate surface area is 119 Å². The molecule has 0 aliphatic carbocycles. The molecule has 2 aromatic rings. The molecule has 0 bridgehead atoms. The van der Waals surface area contributed by atoms with Crippen LogP contribution in [-0.4, -0.2) is 43.9 Å². The van der Waals surface area contributed by atoms with Crippen LogP contribution in [-0.2, 0) is 19.5 Å². The number of alkyl halides is 1. The van der Waals surface area contributed by atoms with Crippen molar-refractivity contribution in [3.8, 4) is 0 Å². The Balaban J connectivity index is 2.58. The number of rotatable bonds is 4. The number of aromatic nitrogens is 4. The Kier molecular flexibility index (Phi) is 3.62. The second-order valence-electron chi connectivity index (χ2n) is 5.84. The summed E-state index contributed by atoms with van der Waals surface area (Å²) in [6.45, 7) is 7.23. The van der Waals surface area contributed by atoms with E-state index in [1.807, 2.05) is 18.7 Å². The Hall–Kier alpha value is -1.07. The van der Waals surface area contributed by atoms with Crippen LogP contribution in [0.5, 0.6) is 0 Å². The molecule has 19 heavy (non-hydrogen) atoms. The lowest BCUT2D eigenvalue weighted by Crippen LogP contribution is -2.42. The van der Waals surface area contributed by atoms with Crippen LogP contribution in [0.25, 0.3) is 11.2 Å². The van der Waals surface area contributed by atoms with E-state index in [2.05, 4.69) is 47.5 Å². The fraction of sp³-hybridized carbons (Fsp3) is 0.692. The largest absolute Gasteiger partial charge is 0.310 e. The molecule has 0 atom stereocenters. The van der Waals surface area contributed by atoms with Gasteiger partial charge in [0.1, 0.15) is 11.3 Å². The molecule has 106 valence electrons. The number of likely N-dealkylation sites (N-methyl/N-ethyl adjacent to an activating group) is 1. The van der Waals surface area contributed by atoms with Gasteiger partial charge < -0.3 is 9.47 Å².